The van der Waals surface area contributed by atoms with Crippen LogP contribution >= 0.6 is 27.7 Å². The average molecular weight is 342 g/mol. The Bertz CT molecular complexity index is 583. The van der Waals surface area contributed by atoms with Gasteiger partial charge in [-0.15, -0.1) is 10.2 Å². The van der Waals surface area contributed by atoms with Crippen LogP contribution in [0.2, 0.25) is 0 Å². The molecular formula is C12H12BrN3O2S. The van der Waals surface area contributed by atoms with E-state index in [9.17, 15) is 4.79 Å². The predicted octanol–water partition coefficient (Wildman–Crippen LogP) is 2.04. The molecule has 0 aliphatic rings. The summed E-state index contributed by atoms with van der Waals surface area (Å²) >= 11 is 4.64. The molecule has 2 rings (SSSR count). The summed E-state index contributed by atoms with van der Waals surface area (Å²) in [7, 11) is 1.76. The monoisotopic (exact) mass is 341 g/mol. The maximum Gasteiger partial charge on any atom is 0.191 e. The van der Waals surface area contributed by atoms with Crippen molar-refractivity contribution in [2.24, 2.45) is 7.05 Å². The molecule has 0 spiro atoms. The Morgan fingerprint density at radius 2 is 2.05 bits per heavy atom. The van der Waals surface area contributed by atoms with Crippen LogP contribution in [-0.4, -0.2) is 31.4 Å². The highest BCUT2D eigenvalue weighted by molar-refractivity contribution is 9.10. The topological polar surface area (TPSA) is 68.0 Å². The van der Waals surface area contributed by atoms with Gasteiger partial charge in [-0.3, -0.25) is 4.79 Å². The number of aliphatic hydroxyl groups excluding tert-OH is 1. The van der Waals surface area contributed by atoms with E-state index in [0.717, 1.165) is 4.47 Å². The van der Waals surface area contributed by atoms with Crippen molar-refractivity contribution in [2.45, 2.75) is 11.8 Å². The summed E-state index contributed by atoms with van der Waals surface area (Å²) in [6, 6.07) is 7.24. The first-order valence-electron chi connectivity index (χ1n) is 5.52. The number of thioether (sulfide) groups is 1. The van der Waals surface area contributed by atoms with Crippen molar-refractivity contribution in [3.63, 3.8) is 0 Å². The first-order valence-corrected chi connectivity index (χ1v) is 7.30. The third-order valence-corrected chi connectivity index (χ3v) is 4.11. The van der Waals surface area contributed by atoms with Crippen LogP contribution in [0.25, 0.3) is 0 Å². The summed E-state index contributed by atoms with van der Waals surface area (Å²) in [6.45, 7) is -0.162. The van der Waals surface area contributed by atoms with Gasteiger partial charge >= 0.3 is 0 Å². The van der Waals surface area contributed by atoms with Gasteiger partial charge in [0.1, 0.15) is 6.61 Å². The summed E-state index contributed by atoms with van der Waals surface area (Å²) in [6.07, 6.45) is 0. The molecule has 0 unspecified atom stereocenters. The minimum absolute atomic E-state index is 0.0334. The van der Waals surface area contributed by atoms with Gasteiger partial charge in [0.05, 0.1) is 5.75 Å². The van der Waals surface area contributed by atoms with Crippen LogP contribution in [-0.2, 0) is 13.7 Å². The quantitative estimate of drug-likeness (QED) is 0.665. The molecule has 7 heteroatoms. The van der Waals surface area contributed by atoms with Crippen LogP contribution < -0.4 is 0 Å². The van der Waals surface area contributed by atoms with Crippen LogP contribution in [0.3, 0.4) is 0 Å². The fourth-order valence-corrected chi connectivity index (χ4v) is 2.55. The van der Waals surface area contributed by atoms with Crippen LogP contribution in [0.1, 0.15) is 16.2 Å². The van der Waals surface area contributed by atoms with E-state index in [1.54, 1.807) is 23.7 Å². The van der Waals surface area contributed by atoms with E-state index in [0.29, 0.717) is 22.3 Å². The molecule has 1 aromatic carbocycles. The van der Waals surface area contributed by atoms with Gasteiger partial charge in [0.2, 0.25) is 0 Å². The minimum Gasteiger partial charge on any atom is -0.388 e. The first kappa shape index (κ1) is 14.2. The molecule has 2 aromatic rings. The van der Waals surface area contributed by atoms with Gasteiger partial charge in [0, 0.05) is 17.1 Å². The largest absolute Gasteiger partial charge is 0.388 e. The zero-order valence-corrected chi connectivity index (χ0v) is 12.6. The number of carbonyl (C=O) groups is 1. The van der Waals surface area contributed by atoms with Gasteiger partial charge in [-0.05, 0) is 12.1 Å². The summed E-state index contributed by atoms with van der Waals surface area (Å²) in [5.74, 6) is 0.809. The molecule has 0 bridgehead atoms. The molecule has 5 nitrogen and oxygen atoms in total. The van der Waals surface area contributed by atoms with E-state index < -0.39 is 0 Å². The molecular weight excluding hydrogens is 330 g/mol. The van der Waals surface area contributed by atoms with E-state index in [4.69, 9.17) is 5.11 Å². The standard InChI is InChI=1S/C12H12BrN3O2S/c1-16-11(6-17)14-15-12(16)19-7-10(18)8-2-4-9(13)5-3-8/h2-5,17H,6-7H2,1H3. The maximum absolute atomic E-state index is 12.0. The molecule has 1 N–H and O–H groups in total. The molecule has 0 fully saturated rings. The molecule has 19 heavy (non-hydrogen) atoms. The van der Waals surface area contributed by atoms with Gasteiger partial charge < -0.3 is 9.67 Å². The molecule has 0 aliphatic carbocycles. The maximum atomic E-state index is 12.0. The van der Waals surface area contributed by atoms with Crippen molar-refractivity contribution >= 4 is 33.5 Å². The number of carbonyl (C=O) groups excluding carboxylic acids is 1. The van der Waals surface area contributed by atoms with Crippen molar-refractivity contribution in [1.82, 2.24) is 14.8 Å². The second-order valence-electron chi connectivity index (χ2n) is 3.83. The van der Waals surface area contributed by atoms with Gasteiger partial charge in [-0.2, -0.15) is 0 Å². The average Bonchev–Trinajstić information content (AvgIpc) is 2.77. The minimum atomic E-state index is -0.162. The van der Waals surface area contributed by atoms with Crippen LogP contribution in [0.4, 0.5) is 0 Å². The Morgan fingerprint density at radius 1 is 1.37 bits per heavy atom. The van der Waals surface area contributed by atoms with Gasteiger partial charge in [-0.25, -0.2) is 0 Å². The lowest BCUT2D eigenvalue weighted by atomic mass is 10.2. The van der Waals surface area contributed by atoms with Crippen molar-refractivity contribution in [2.75, 3.05) is 5.75 Å². The Balaban J connectivity index is 2.00. The van der Waals surface area contributed by atoms with Crippen molar-refractivity contribution in [3.8, 4) is 0 Å². The van der Waals surface area contributed by atoms with E-state index in [-0.39, 0.29) is 12.4 Å². The van der Waals surface area contributed by atoms with Crippen molar-refractivity contribution in [3.05, 3.63) is 40.1 Å². The molecule has 1 heterocycles. The third kappa shape index (κ3) is 3.43. The lowest BCUT2D eigenvalue weighted by molar-refractivity contribution is 0.102. The molecule has 0 aliphatic heterocycles. The number of hydrogen-bond donors (Lipinski definition) is 1. The normalized spacial score (nSPS) is 10.7. The molecule has 0 radical (unpaired) electrons. The van der Waals surface area contributed by atoms with Gasteiger partial charge in [-0.1, -0.05) is 39.8 Å². The zero-order valence-electron chi connectivity index (χ0n) is 10.2. The Morgan fingerprint density at radius 3 is 2.63 bits per heavy atom. The SMILES string of the molecule is Cn1c(CO)nnc1SCC(=O)c1ccc(Br)cc1. The highest BCUT2D eigenvalue weighted by Gasteiger charge is 2.11. The molecule has 0 atom stereocenters. The highest BCUT2D eigenvalue weighted by Crippen LogP contribution is 2.18. The van der Waals surface area contributed by atoms with Gasteiger partial charge in [0.25, 0.3) is 0 Å². The second kappa shape index (κ2) is 6.31. The predicted molar refractivity (Wildman–Crippen MR) is 76.1 cm³/mol. The Labute approximate surface area is 123 Å². The number of benzene rings is 1. The summed E-state index contributed by atoms with van der Waals surface area (Å²) < 4.78 is 2.62. The Kier molecular flexibility index (Phi) is 4.73. The van der Waals surface area contributed by atoms with E-state index >= 15 is 0 Å². The number of hydrogen-bond acceptors (Lipinski definition) is 5. The molecule has 0 amide bonds. The molecule has 0 saturated heterocycles. The molecule has 100 valence electrons. The summed E-state index contributed by atoms with van der Waals surface area (Å²) in [5, 5.41) is 17.4. The highest BCUT2D eigenvalue weighted by atomic mass is 79.9. The fourth-order valence-electron chi connectivity index (χ4n) is 1.46. The molecule has 1 aromatic heterocycles. The summed E-state index contributed by atoms with van der Waals surface area (Å²) in [5.41, 5.74) is 0.667. The number of nitrogens with zero attached hydrogens (tertiary/aromatic N) is 3. The van der Waals surface area contributed by atoms with Crippen molar-refractivity contribution < 1.29 is 9.90 Å². The summed E-state index contributed by atoms with van der Waals surface area (Å²) in [4.78, 5) is 12.0. The van der Waals surface area contributed by atoms with Crippen LogP contribution in [0.5, 0.6) is 0 Å². The van der Waals surface area contributed by atoms with Crippen molar-refractivity contribution in [1.29, 1.82) is 0 Å². The first-order chi connectivity index (χ1) is 9.11. The lowest BCUT2D eigenvalue weighted by Gasteiger charge is -2.02. The molecule has 0 saturated carbocycles. The fraction of sp³-hybridized carbons (Fsp3) is 0.250. The second-order valence-corrected chi connectivity index (χ2v) is 5.69. The number of halogens is 1. The van der Waals surface area contributed by atoms with Gasteiger partial charge in [0.15, 0.2) is 16.8 Å². The number of ketones is 1. The van der Waals surface area contributed by atoms with E-state index in [2.05, 4.69) is 26.1 Å². The smallest absolute Gasteiger partial charge is 0.191 e. The zero-order chi connectivity index (χ0) is 13.8. The number of Topliss-reactive ketones (excluding diaryl/α,β-unsaturated/α-hetero) is 1. The number of aromatic nitrogens is 3. The van der Waals surface area contributed by atoms with E-state index in [1.807, 2.05) is 12.1 Å². The number of aliphatic hydroxyl groups is 1. The Hall–Kier alpha value is -1.18. The third-order valence-electron chi connectivity index (χ3n) is 2.57. The lowest BCUT2D eigenvalue weighted by Crippen LogP contribution is -2.04. The van der Waals surface area contributed by atoms with E-state index in [1.165, 1.54) is 11.8 Å². The van der Waals surface area contributed by atoms with Crippen LogP contribution in [0, 0.1) is 0 Å². The number of rotatable bonds is 5. The van der Waals surface area contributed by atoms with Crippen LogP contribution in [0.15, 0.2) is 33.9 Å².